The molecule has 3 N–H and O–H groups in total. The molecule has 1 heterocycles. The van der Waals surface area contributed by atoms with Crippen molar-refractivity contribution < 1.29 is 5.21 Å². The first kappa shape index (κ1) is 13.4. The van der Waals surface area contributed by atoms with Crippen LogP contribution < -0.4 is 5.73 Å². The average Bonchev–Trinajstić information content (AvgIpc) is 2.38. The summed E-state index contributed by atoms with van der Waals surface area (Å²) in [6, 6.07) is 3.82. The maximum Gasteiger partial charge on any atom is 0.189 e. The highest BCUT2D eigenvalue weighted by Gasteiger charge is 2.10. The molecule has 0 unspecified atom stereocenters. The van der Waals surface area contributed by atoms with Gasteiger partial charge in [0, 0.05) is 12.7 Å². The summed E-state index contributed by atoms with van der Waals surface area (Å²) in [7, 11) is 0. The van der Waals surface area contributed by atoms with Crippen LogP contribution in [0.1, 0.15) is 31.5 Å². The molecule has 0 bridgehead atoms. The highest BCUT2D eigenvalue weighted by Crippen LogP contribution is 2.09. The zero-order valence-corrected chi connectivity index (χ0v) is 10.4. The second-order valence-electron chi connectivity index (χ2n) is 3.87. The minimum absolute atomic E-state index is 0.0631. The van der Waals surface area contributed by atoms with Gasteiger partial charge in [0.2, 0.25) is 0 Å². The lowest BCUT2D eigenvalue weighted by atomic mass is 10.1. The van der Waals surface area contributed by atoms with E-state index in [1.807, 2.05) is 12.1 Å². The topological polar surface area (TPSA) is 74.7 Å². The Hall–Kier alpha value is -1.62. The average molecular weight is 236 g/mol. The van der Waals surface area contributed by atoms with Crippen LogP contribution in [0.4, 0.5) is 0 Å². The standard InChI is InChI=1S/C12H20N4O/c1-3-8-16(4-2)9-10-6-5-7-14-11(10)12(13)15-17/h5-7,17H,3-4,8-9H2,1-2H3,(H2,13,15). The monoisotopic (exact) mass is 236 g/mol. The summed E-state index contributed by atoms with van der Waals surface area (Å²) >= 11 is 0. The van der Waals surface area contributed by atoms with Gasteiger partial charge in [-0.25, -0.2) is 0 Å². The molecule has 94 valence electrons. The number of hydrogen-bond acceptors (Lipinski definition) is 4. The van der Waals surface area contributed by atoms with Crippen LogP contribution in [0.3, 0.4) is 0 Å². The summed E-state index contributed by atoms with van der Waals surface area (Å²) in [4.78, 5) is 6.45. The Morgan fingerprint density at radius 1 is 1.53 bits per heavy atom. The maximum atomic E-state index is 8.72. The van der Waals surface area contributed by atoms with Crippen LogP contribution in [-0.4, -0.2) is 34.0 Å². The molecule has 1 aromatic rings. The summed E-state index contributed by atoms with van der Waals surface area (Å²) in [6.45, 7) is 7.04. The zero-order chi connectivity index (χ0) is 12.7. The Balaban J connectivity index is 2.89. The van der Waals surface area contributed by atoms with E-state index in [1.54, 1.807) is 6.20 Å². The zero-order valence-electron chi connectivity index (χ0n) is 10.4. The number of nitrogens with two attached hydrogens (primary N) is 1. The number of rotatable bonds is 6. The first-order chi connectivity index (χ1) is 8.22. The summed E-state index contributed by atoms with van der Waals surface area (Å²) in [5, 5.41) is 11.7. The second-order valence-corrected chi connectivity index (χ2v) is 3.87. The molecule has 0 amide bonds. The van der Waals surface area contributed by atoms with Crippen molar-refractivity contribution in [1.82, 2.24) is 9.88 Å². The molecule has 17 heavy (non-hydrogen) atoms. The minimum atomic E-state index is 0.0631. The Morgan fingerprint density at radius 2 is 2.29 bits per heavy atom. The third kappa shape index (κ3) is 3.71. The number of pyridine rings is 1. The van der Waals surface area contributed by atoms with Gasteiger partial charge in [-0.05, 0) is 31.1 Å². The molecule has 0 aromatic carbocycles. The van der Waals surface area contributed by atoms with Crippen molar-refractivity contribution in [3.63, 3.8) is 0 Å². The van der Waals surface area contributed by atoms with Crippen molar-refractivity contribution >= 4 is 5.84 Å². The molecule has 5 heteroatoms. The Labute approximate surface area is 102 Å². The van der Waals surface area contributed by atoms with Crippen LogP contribution in [0.2, 0.25) is 0 Å². The number of aromatic nitrogens is 1. The molecule has 1 rings (SSSR count). The Kier molecular flexibility index (Phi) is 5.42. The molecule has 0 atom stereocenters. The fourth-order valence-corrected chi connectivity index (χ4v) is 1.75. The summed E-state index contributed by atoms with van der Waals surface area (Å²) in [6.07, 6.45) is 2.75. The van der Waals surface area contributed by atoms with Gasteiger partial charge in [-0.15, -0.1) is 0 Å². The van der Waals surface area contributed by atoms with Gasteiger partial charge in [-0.2, -0.15) is 0 Å². The van der Waals surface area contributed by atoms with Gasteiger partial charge in [0.05, 0.1) is 0 Å². The van der Waals surface area contributed by atoms with E-state index in [0.29, 0.717) is 5.69 Å². The van der Waals surface area contributed by atoms with Gasteiger partial charge in [0.15, 0.2) is 5.84 Å². The first-order valence-electron chi connectivity index (χ1n) is 5.87. The molecule has 1 aromatic heterocycles. The number of oxime groups is 1. The van der Waals surface area contributed by atoms with E-state index in [2.05, 4.69) is 28.9 Å². The van der Waals surface area contributed by atoms with Gasteiger partial charge < -0.3 is 10.9 Å². The largest absolute Gasteiger partial charge is 0.409 e. The molecular weight excluding hydrogens is 216 g/mol. The van der Waals surface area contributed by atoms with Gasteiger partial charge in [0.25, 0.3) is 0 Å². The SMILES string of the molecule is CCCN(CC)Cc1cccnc1C(N)=NO. The quantitative estimate of drug-likeness (QED) is 0.339. The van der Waals surface area contributed by atoms with Crippen LogP contribution in [0, 0.1) is 0 Å². The van der Waals surface area contributed by atoms with Crippen molar-refractivity contribution in [2.75, 3.05) is 13.1 Å². The summed E-state index contributed by atoms with van der Waals surface area (Å²) < 4.78 is 0. The molecule has 0 fully saturated rings. The number of nitrogens with zero attached hydrogens (tertiary/aromatic N) is 3. The third-order valence-electron chi connectivity index (χ3n) is 2.62. The fraction of sp³-hybridized carbons (Fsp3) is 0.500. The van der Waals surface area contributed by atoms with Crippen LogP contribution in [0.15, 0.2) is 23.5 Å². The highest BCUT2D eigenvalue weighted by atomic mass is 16.4. The molecule has 0 saturated heterocycles. The van der Waals surface area contributed by atoms with E-state index < -0.39 is 0 Å². The first-order valence-corrected chi connectivity index (χ1v) is 5.87. The second kappa shape index (κ2) is 6.85. The third-order valence-corrected chi connectivity index (χ3v) is 2.62. The van der Waals surface area contributed by atoms with Crippen molar-refractivity contribution in [2.45, 2.75) is 26.8 Å². The molecular formula is C12H20N4O. The smallest absolute Gasteiger partial charge is 0.189 e. The molecule has 0 aliphatic rings. The minimum Gasteiger partial charge on any atom is -0.409 e. The van der Waals surface area contributed by atoms with E-state index in [0.717, 1.165) is 31.6 Å². The lowest BCUT2D eigenvalue weighted by molar-refractivity contribution is 0.280. The van der Waals surface area contributed by atoms with E-state index in [4.69, 9.17) is 10.9 Å². The Bertz CT molecular complexity index is 379. The van der Waals surface area contributed by atoms with E-state index >= 15 is 0 Å². The van der Waals surface area contributed by atoms with Crippen molar-refractivity contribution in [3.8, 4) is 0 Å². The normalized spacial score (nSPS) is 12.1. The van der Waals surface area contributed by atoms with Crippen LogP contribution in [-0.2, 0) is 6.54 Å². The van der Waals surface area contributed by atoms with Crippen molar-refractivity contribution in [2.24, 2.45) is 10.9 Å². The predicted molar refractivity (Wildman–Crippen MR) is 68.0 cm³/mol. The number of hydrogen-bond donors (Lipinski definition) is 2. The Morgan fingerprint density at radius 3 is 2.88 bits per heavy atom. The highest BCUT2D eigenvalue weighted by molar-refractivity contribution is 5.96. The molecule has 0 spiro atoms. The molecule has 0 aliphatic heterocycles. The van der Waals surface area contributed by atoms with Crippen molar-refractivity contribution in [3.05, 3.63) is 29.6 Å². The molecule has 0 saturated carbocycles. The van der Waals surface area contributed by atoms with E-state index in [1.165, 1.54) is 0 Å². The van der Waals surface area contributed by atoms with E-state index in [-0.39, 0.29) is 5.84 Å². The van der Waals surface area contributed by atoms with Crippen LogP contribution in [0.25, 0.3) is 0 Å². The predicted octanol–water partition coefficient (Wildman–Crippen LogP) is 1.41. The van der Waals surface area contributed by atoms with Crippen LogP contribution >= 0.6 is 0 Å². The van der Waals surface area contributed by atoms with Gasteiger partial charge in [-0.3, -0.25) is 9.88 Å². The fourth-order valence-electron chi connectivity index (χ4n) is 1.75. The van der Waals surface area contributed by atoms with Gasteiger partial charge >= 0.3 is 0 Å². The van der Waals surface area contributed by atoms with Crippen LogP contribution in [0.5, 0.6) is 0 Å². The summed E-state index contributed by atoms with van der Waals surface area (Å²) in [5.41, 5.74) is 7.15. The maximum absolute atomic E-state index is 8.72. The molecule has 5 nitrogen and oxygen atoms in total. The molecule has 0 aliphatic carbocycles. The molecule has 0 radical (unpaired) electrons. The lowest BCUT2D eigenvalue weighted by Crippen LogP contribution is -2.26. The van der Waals surface area contributed by atoms with Gasteiger partial charge in [-0.1, -0.05) is 25.1 Å². The van der Waals surface area contributed by atoms with E-state index in [9.17, 15) is 0 Å². The van der Waals surface area contributed by atoms with Gasteiger partial charge in [0.1, 0.15) is 5.69 Å². The number of amidine groups is 1. The lowest BCUT2D eigenvalue weighted by Gasteiger charge is -2.20. The summed E-state index contributed by atoms with van der Waals surface area (Å²) in [5.74, 6) is 0.0631. The van der Waals surface area contributed by atoms with Crippen molar-refractivity contribution in [1.29, 1.82) is 0 Å².